The highest BCUT2D eigenvalue weighted by Gasteiger charge is 2.18. The summed E-state index contributed by atoms with van der Waals surface area (Å²) in [5.41, 5.74) is 0.974. The largest absolute Gasteiger partial charge is 0.481 e. The number of hydrogen-bond donors (Lipinski definition) is 1. The number of hydrogen-bond acceptors (Lipinski definition) is 5. The number of ether oxygens (including phenoxy) is 2. The van der Waals surface area contributed by atoms with Crippen molar-refractivity contribution < 1.29 is 14.3 Å². The van der Waals surface area contributed by atoms with Crippen LogP contribution < -0.4 is 15.0 Å². The third-order valence-corrected chi connectivity index (χ3v) is 4.38. The fourth-order valence-corrected chi connectivity index (χ4v) is 2.85. The molecule has 1 N–H and O–H groups in total. The number of carbonyl (C=O) groups is 1. The summed E-state index contributed by atoms with van der Waals surface area (Å²) in [6.07, 6.45) is 1.15. The highest BCUT2D eigenvalue weighted by molar-refractivity contribution is 6.30. The number of amides is 1. The average Bonchev–Trinajstić information content (AvgIpc) is 2.68. The minimum absolute atomic E-state index is 0.184. The molecule has 1 atom stereocenters. The van der Waals surface area contributed by atoms with E-state index in [0.29, 0.717) is 30.5 Å². The molecule has 1 fully saturated rings. The maximum atomic E-state index is 12.4. The highest BCUT2D eigenvalue weighted by atomic mass is 35.5. The van der Waals surface area contributed by atoms with Crippen LogP contribution in [0.1, 0.15) is 12.5 Å². The Morgan fingerprint density at radius 2 is 2.04 bits per heavy atom. The smallest absolute Gasteiger partial charge is 0.261 e. The second kappa shape index (κ2) is 8.87. The molecule has 138 valence electrons. The Kier molecular flexibility index (Phi) is 6.30. The van der Waals surface area contributed by atoms with Gasteiger partial charge in [-0.1, -0.05) is 17.7 Å². The van der Waals surface area contributed by atoms with Gasteiger partial charge in [-0.2, -0.15) is 0 Å². The number of halogens is 1. The van der Waals surface area contributed by atoms with E-state index >= 15 is 0 Å². The second-order valence-electron chi connectivity index (χ2n) is 6.02. The molecule has 7 heteroatoms. The first-order valence-corrected chi connectivity index (χ1v) is 8.98. The molecule has 0 aliphatic carbocycles. The fourth-order valence-electron chi connectivity index (χ4n) is 2.73. The van der Waals surface area contributed by atoms with Crippen molar-refractivity contribution in [2.24, 2.45) is 0 Å². The molecule has 1 saturated heterocycles. The van der Waals surface area contributed by atoms with E-state index in [0.717, 1.165) is 24.5 Å². The van der Waals surface area contributed by atoms with Crippen LogP contribution in [0.4, 0.5) is 5.82 Å². The van der Waals surface area contributed by atoms with Crippen LogP contribution in [0.3, 0.4) is 0 Å². The second-order valence-corrected chi connectivity index (χ2v) is 6.45. The van der Waals surface area contributed by atoms with Gasteiger partial charge >= 0.3 is 0 Å². The molecule has 0 radical (unpaired) electrons. The Morgan fingerprint density at radius 3 is 2.77 bits per heavy atom. The molecule has 1 aliphatic rings. The molecule has 26 heavy (non-hydrogen) atoms. The van der Waals surface area contributed by atoms with Gasteiger partial charge in [0.25, 0.3) is 5.91 Å². The van der Waals surface area contributed by atoms with Crippen LogP contribution in [0.5, 0.6) is 5.75 Å². The number of morpholine rings is 1. The van der Waals surface area contributed by atoms with Gasteiger partial charge in [0.2, 0.25) is 0 Å². The van der Waals surface area contributed by atoms with E-state index < -0.39 is 6.10 Å². The van der Waals surface area contributed by atoms with E-state index in [9.17, 15) is 4.79 Å². The Labute approximate surface area is 158 Å². The molecule has 1 unspecified atom stereocenters. The van der Waals surface area contributed by atoms with Gasteiger partial charge in [0.15, 0.2) is 6.10 Å². The molecule has 2 heterocycles. The predicted octanol–water partition coefficient (Wildman–Crippen LogP) is 2.66. The molecule has 1 aliphatic heterocycles. The van der Waals surface area contributed by atoms with Crippen molar-refractivity contribution in [2.45, 2.75) is 19.6 Å². The summed E-state index contributed by atoms with van der Waals surface area (Å²) in [6, 6.07) is 10.8. The first-order valence-electron chi connectivity index (χ1n) is 8.60. The molecule has 1 aromatic carbocycles. The molecular weight excluding hydrogens is 354 g/mol. The van der Waals surface area contributed by atoms with Gasteiger partial charge in [0.1, 0.15) is 11.6 Å². The van der Waals surface area contributed by atoms with E-state index in [2.05, 4.69) is 15.2 Å². The number of anilines is 1. The SMILES string of the molecule is CC(Oc1ccc(Cl)cc1)C(=O)NCc1cccnc1N1CCOCC1. The Morgan fingerprint density at radius 1 is 1.31 bits per heavy atom. The normalized spacial score (nSPS) is 15.4. The van der Waals surface area contributed by atoms with Crippen molar-refractivity contribution in [3.63, 3.8) is 0 Å². The number of carbonyl (C=O) groups excluding carboxylic acids is 1. The van der Waals surface area contributed by atoms with E-state index in [1.54, 1.807) is 37.4 Å². The van der Waals surface area contributed by atoms with Gasteiger partial charge in [0.05, 0.1) is 13.2 Å². The molecule has 0 spiro atoms. The van der Waals surface area contributed by atoms with Crippen LogP contribution in [0.2, 0.25) is 5.02 Å². The zero-order valence-electron chi connectivity index (χ0n) is 14.7. The predicted molar refractivity (Wildman–Crippen MR) is 101 cm³/mol. The first-order chi connectivity index (χ1) is 12.6. The van der Waals surface area contributed by atoms with Gasteiger partial charge in [-0.05, 0) is 37.3 Å². The van der Waals surface area contributed by atoms with Crippen molar-refractivity contribution in [3.8, 4) is 5.75 Å². The third-order valence-electron chi connectivity index (χ3n) is 4.13. The van der Waals surface area contributed by atoms with Crippen molar-refractivity contribution in [2.75, 3.05) is 31.2 Å². The maximum absolute atomic E-state index is 12.4. The Balaban J connectivity index is 1.58. The van der Waals surface area contributed by atoms with E-state index in [1.807, 2.05) is 12.1 Å². The number of nitrogens with one attached hydrogen (secondary N) is 1. The zero-order chi connectivity index (χ0) is 18.4. The highest BCUT2D eigenvalue weighted by Crippen LogP contribution is 2.19. The molecule has 1 aromatic heterocycles. The zero-order valence-corrected chi connectivity index (χ0v) is 15.4. The van der Waals surface area contributed by atoms with Gasteiger partial charge < -0.3 is 19.7 Å². The van der Waals surface area contributed by atoms with E-state index in [1.165, 1.54) is 0 Å². The van der Waals surface area contributed by atoms with Gasteiger partial charge in [-0.3, -0.25) is 4.79 Å². The fraction of sp³-hybridized carbons (Fsp3) is 0.368. The summed E-state index contributed by atoms with van der Waals surface area (Å²) < 4.78 is 11.0. The van der Waals surface area contributed by atoms with Crippen molar-refractivity contribution >= 4 is 23.3 Å². The summed E-state index contributed by atoms with van der Waals surface area (Å²) in [5.74, 6) is 1.31. The van der Waals surface area contributed by atoms with Gasteiger partial charge in [-0.15, -0.1) is 0 Å². The van der Waals surface area contributed by atoms with Crippen LogP contribution in [0.15, 0.2) is 42.6 Å². The summed E-state index contributed by atoms with van der Waals surface area (Å²) in [7, 11) is 0. The minimum atomic E-state index is -0.611. The molecule has 0 bridgehead atoms. The lowest BCUT2D eigenvalue weighted by molar-refractivity contribution is -0.127. The molecular formula is C19H22ClN3O3. The van der Waals surface area contributed by atoms with Crippen LogP contribution in [-0.2, 0) is 16.1 Å². The maximum Gasteiger partial charge on any atom is 0.261 e. The lowest BCUT2D eigenvalue weighted by Gasteiger charge is -2.29. The van der Waals surface area contributed by atoms with Crippen molar-refractivity contribution in [3.05, 3.63) is 53.2 Å². The molecule has 3 rings (SSSR count). The molecule has 6 nitrogen and oxygen atoms in total. The van der Waals surface area contributed by atoms with E-state index in [4.69, 9.17) is 21.1 Å². The molecule has 1 amide bonds. The van der Waals surface area contributed by atoms with Gasteiger partial charge in [0, 0.05) is 36.4 Å². The number of pyridine rings is 1. The minimum Gasteiger partial charge on any atom is -0.481 e. The Hall–Kier alpha value is -2.31. The first kappa shape index (κ1) is 18.5. The average molecular weight is 376 g/mol. The third kappa shape index (κ3) is 4.86. The van der Waals surface area contributed by atoms with Crippen molar-refractivity contribution in [1.29, 1.82) is 0 Å². The van der Waals surface area contributed by atoms with E-state index in [-0.39, 0.29) is 5.91 Å². The number of benzene rings is 1. The van der Waals surface area contributed by atoms with Crippen LogP contribution >= 0.6 is 11.6 Å². The van der Waals surface area contributed by atoms with Crippen LogP contribution in [0.25, 0.3) is 0 Å². The quantitative estimate of drug-likeness (QED) is 0.841. The standard InChI is InChI=1S/C19H22ClN3O3/c1-14(26-17-6-4-16(20)5-7-17)19(24)22-13-15-3-2-8-21-18(15)23-9-11-25-12-10-23/h2-8,14H,9-13H2,1H3,(H,22,24). The lowest BCUT2D eigenvalue weighted by atomic mass is 10.2. The topological polar surface area (TPSA) is 63.7 Å². The van der Waals surface area contributed by atoms with Crippen molar-refractivity contribution in [1.82, 2.24) is 10.3 Å². The summed E-state index contributed by atoms with van der Waals surface area (Å²) in [6.45, 7) is 5.09. The van der Waals surface area contributed by atoms with Gasteiger partial charge in [-0.25, -0.2) is 4.98 Å². The number of rotatable bonds is 6. The summed E-state index contributed by atoms with van der Waals surface area (Å²) in [5, 5.41) is 3.55. The number of aromatic nitrogens is 1. The number of nitrogens with zero attached hydrogens (tertiary/aromatic N) is 2. The monoisotopic (exact) mass is 375 g/mol. The van der Waals surface area contributed by atoms with Crippen LogP contribution in [0, 0.1) is 0 Å². The van der Waals surface area contributed by atoms with Crippen LogP contribution in [-0.4, -0.2) is 43.3 Å². The summed E-state index contributed by atoms with van der Waals surface area (Å²) in [4.78, 5) is 19.0. The lowest BCUT2D eigenvalue weighted by Crippen LogP contribution is -2.39. The molecule has 0 saturated carbocycles. The Bertz CT molecular complexity index is 733. The molecule has 2 aromatic rings. The summed E-state index contributed by atoms with van der Waals surface area (Å²) >= 11 is 5.85.